The van der Waals surface area contributed by atoms with Crippen LogP contribution in [0.4, 0.5) is 0 Å². The van der Waals surface area contributed by atoms with Crippen LogP contribution in [0.3, 0.4) is 0 Å². The van der Waals surface area contributed by atoms with Crippen LogP contribution >= 0.6 is 0 Å². The Morgan fingerprint density at radius 3 is 2.80 bits per heavy atom. The van der Waals surface area contributed by atoms with Crippen molar-refractivity contribution in [2.75, 3.05) is 6.61 Å². The van der Waals surface area contributed by atoms with E-state index in [4.69, 9.17) is 4.74 Å². The maximum absolute atomic E-state index is 9.77. The van der Waals surface area contributed by atoms with Crippen molar-refractivity contribution >= 4 is 11.2 Å². The van der Waals surface area contributed by atoms with Gasteiger partial charge in [0.2, 0.25) is 5.88 Å². The van der Waals surface area contributed by atoms with E-state index >= 15 is 0 Å². The van der Waals surface area contributed by atoms with Gasteiger partial charge >= 0.3 is 0 Å². The molecule has 5 heteroatoms. The number of H-pyrrole nitrogens is 1. The van der Waals surface area contributed by atoms with Gasteiger partial charge in [0.15, 0.2) is 5.65 Å². The number of fused-ring (bicyclic) bond motifs is 1. The molecule has 0 unspecified atom stereocenters. The summed E-state index contributed by atoms with van der Waals surface area (Å²) in [6.45, 7) is 4.34. The minimum Gasteiger partial charge on any atom is -0.508 e. The van der Waals surface area contributed by atoms with Gasteiger partial charge in [0.25, 0.3) is 0 Å². The lowest BCUT2D eigenvalue weighted by Gasteiger charge is -2.00. The highest BCUT2D eigenvalue weighted by Crippen LogP contribution is 2.26. The van der Waals surface area contributed by atoms with Crippen LogP contribution < -0.4 is 4.74 Å². The fraction of sp³-hybridized carbons (Fsp3) is 0.200. The summed E-state index contributed by atoms with van der Waals surface area (Å²) in [4.78, 5) is 12.0. The number of imidazole rings is 1. The van der Waals surface area contributed by atoms with Crippen LogP contribution in [-0.4, -0.2) is 26.7 Å². The van der Waals surface area contributed by atoms with Crippen molar-refractivity contribution in [1.29, 1.82) is 0 Å². The Bertz CT molecular complexity index is 765. The van der Waals surface area contributed by atoms with Gasteiger partial charge in [0.1, 0.15) is 11.6 Å². The first-order chi connectivity index (χ1) is 9.67. The number of rotatable bonds is 3. The third-order valence-corrected chi connectivity index (χ3v) is 3.10. The third-order valence-electron chi connectivity index (χ3n) is 3.10. The van der Waals surface area contributed by atoms with Crippen molar-refractivity contribution in [3.05, 3.63) is 35.9 Å². The maximum Gasteiger partial charge on any atom is 0.215 e. The topological polar surface area (TPSA) is 71.0 Å². The Labute approximate surface area is 116 Å². The predicted octanol–water partition coefficient (Wildman–Crippen LogP) is 3.04. The molecule has 0 atom stereocenters. The molecule has 2 N–H and O–H groups in total. The van der Waals surface area contributed by atoms with Crippen molar-refractivity contribution in [2.45, 2.75) is 13.8 Å². The molecule has 0 radical (unpaired) electrons. The van der Waals surface area contributed by atoms with Gasteiger partial charge < -0.3 is 14.8 Å². The van der Waals surface area contributed by atoms with Crippen molar-refractivity contribution in [3.63, 3.8) is 0 Å². The van der Waals surface area contributed by atoms with E-state index in [0.717, 1.165) is 16.6 Å². The molecule has 5 nitrogen and oxygen atoms in total. The molecule has 102 valence electrons. The van der Waals surface area contributed by atoms with E-state index in [0.29, 0.717) is 24.0 Å². The SMILES string of the molecule is CCOc1ccc2[nH]c(-c3ccc(C)c(O)c3)nc2n1. The molecule has 0 aliphatic heterocycles. The molecule has 0 bridgehead atoms. The summed E-state index contributed by atoms with van der Waals surface area (Å²) >= 11 is 0. The number of nitrogens with zero attached hydrogens (tertiary/aromatic N) is 2. The number of hydrogen-bond acceptors (Lipinski definition) is 4. The number of nitrogens with one attached hydrogen (secondary N) is 1. The van der Waals surface area contributed by atoms with Crippen LogP contribution in [0.2, 0.25) is 0 Å². The highest BCUT2D eigenvalue weighted by atomic mass is 16.5. The van der Waals surface area contributed by atoms with Crippen molar-refractivity contribution in [3.8, 4) is 23.0 Å². The highest BCUT2D eigenvalue weighted by Gasteiger charge is 2.09. The number of benzene rings is 1. The molecular weight excluding hydrogens is 254 g/mol. The number of aromatic amines is 1. The first kappa shape index (κ1) is 12.5. The van der Waals surface area contributed by atoms with Crippen LogP contribution in [0.5, 0.6) is 11.6 Å². The zero-order valence-electron chi connectivity index (χ0n) is 11.3. The Morgan fingerprint density at radius 2 is 2.05 bits per heavy atom. The minimum absolute atomic E-state index is 0.255. The second kappa shape index (κ2) is 4.85. The molecular formula is C15H15N3O2. The van der Waals surface area contributed by atoms with E-state index < -0.39 is 0 Å². The largest absolute Gasteiger partial charge is 0.508 e. The average molecular weight is 269 g/mol. The van der Waals surface area contributed by atoms with Gasteiger partial charge in [-0.05, 0) is 31.5 Å². The van der Waals surface area contributed by atoms with Gasteiger partial charge in [0, 0.05) is 11.6 Å². The van der Waals surface area contributed by atoms with Gasteiger partial charge in [-0.25, -0.2) is 4.98 Å². The van der Waals surface area contributed by atoms with E-state index in [2.05, 4.69) is 15.0 Å². The van der Waals surface area contributed by atoms with Crippen LogP contribution in [0.15, 0.2) is 30.3 Å². The number of aryl methyl sites for hydroxylation is 1. The molecule has 0 saturated heterocycles. The third kappa shape index (κ3) is 2.18. The molecule has 3 rings (SSSR count). The lowest BCUT2D eigenvalue weighted by molar-refractivity contribution is 0.328. The van der Waals surface area contributed by atoms with Crippen LogP contribution in [0, 0.1) is 6.92 Å². The highest BCUT2D eigenvalue weighted by molar-refractivity contribution is 5.76. The number of ether oxygens (including phenoxy) is 1. The Hall–Kier alpha value is -2.56. The molecule has 20 heavy (non-hydrogen) atoms. The molecule has 0 amide bonds. The normalized spacial score (nSPS) is 10.9. The second-order valence-corrected chi connectivity index (χ2v) is 4.54. The lowest BCUT2D eigenvalue weighted by Crippen LogP contribution is -1.93. The van der Waals surface area contributed by atoms with Crippen molar-refractivity contribution < 1.29 is 9.84 Å². The molecule has 0 spiro atoms. The quantitative estimate of drug-likeness (QED) is 0.766. The summed E-state index contributed by atoms with van der Waals surface area (Å²) in [5.74, 6) is 1.49. The van der Waals surface area contributed by atoms with Gasteiger partial charge in [-0.3, -0.25) is 0 Å². The minimum atomic E-state index is 0.255. The monoisotopic (exact) mass is 269 g/mol. The van der Waals surface area contributed by atoms with Crippen LogP contribution in [-0.2, 0) is 0 Å². The molecule has 3 aromatic rings. The molecule has 2 heterocycles. The molecule has 2 aromatic heterocycles. The van der Waals surface area contributed by atoms with E-state index in [9.17, 15) is 5.11 Å². The van der Waals surface area contributed by atoms with Gasteiger partial charge in [-0.2, -0.15) is 4.98 Å². The summed E-state index contributed by atoms with van der Waals surface area (Å²) in [6, 6.07) is 9.15. The van der Waals surface area contributed by atoms with E-state index in [1.165, 1.54) is 0 Å². The Balaban J connectivity index is 2.05. The Morgan fingerprint density at radius 1 is 1.20 bits per heavy atom. The van der Waals surface area contributed by atoms with Crippen molar-refractivity contribution in [1.82, 2.24) is 15.0 Å². The number of phenolic OH excluding ortho intramolecular Hbond substituents is 1. The van der Waals surface area contributed by atoms with Gasteiger partial charge in [0.05, 0.1) is 12.1 Å². The molecule has 0 fully saturated rings. The summed E-state index contributed by atoms with van der Waals surface area (Å²) in [6.07, 6.45) is 0. The summed E-state index contributed by atoms with van der Waals surface area (Å²) in [5.41, 5.74) is 3.10. The van der Waals surface area contributed by atoms with E-state index in [1.54, 1.807) is 12.1 Å². The molecule has 0 aliphatic carbocycles. The molecule has 0 saturated carbocycles. The first-order valence-electron chi connectivity index (χ1n) is 6.47. The molecule has 1 aromatic carbocycles. The number of aromatic hydroxyl groups is 1. The van der Waals surface area contributed by atoms with Crippen molar-refractivity contribution in [2.24, 2.45) is 0 Å². The van der Waals surface area contributed by atoms with E-state index in [1.807, 2.05) is 32.0 Å². The summed E-state index contributed by atoms with van der Waals surface area (Å²) in [5, 5.41) is 9.77. The van der Waals surface area contributed by atoms with Crippen LogP contribution in [0.25, 0.3) is 22.6 Å². The number of aromatic nitrogens is 3. The first-order valence-corrected chi connectivity index (χ1v) is 6.47. The fourth-order valence-corrected chi connectivity index (χ4v) is 2.00. The molecule has 0 aliphatic rings. The average Bonchev–Trinajstić information content (AvgIpc) is 2.85. The predicted molar refractivity (Wildman–Crippen MR) is 76.9 cm³/mol. The van der Waals surface area contributed by atoms with Crippen LogP contribution in [0.1, 0.15) is 12.5 Å². The number of phenols is 1. The maximum atomic E-state index is 9.77. The zero-order chi connectivity index (χ0) is 14.1. The number of pyridine rings is 1. The fourth-order valence-electron chi connectivity index (χ4n) is 2.00. The summed E-state index contributed by atoms with van der Waals surface area (Å²) < 4.78 is 5.36. The van der Waals surface area contributed by atoms with E-state index in [-0.39, 0.29) is 5.75 Å². The lowest BCUT2D eigenvalue weighted by atomic mass is 10.1. The number of hydrogen-bond donors (Lipinski definition) is 2. The summed E-state index contributed by atoms with van der Waals surface area (Å²) in [7, 11) is 0. The van der Waals surface area contributed by atoms with Gasteiger partial charge in [-0.1, -0.05) is 12.1 Å². The standard InChI is InChI=1S/C15H15N3O2/c1-3-20-13-7-6-11-15(17-13)18-14(16-11)10-5-4-9(2)12(19)8-10/h4-8,19H,3H2,1-2H3,(H,16,17,18). The Kier molecular flexibility index (Phi) is 3.02. The van der Waals surface area contributed by atoms with Gasteiger partial charge in [-0.15, -0.1) is 0 Å². The smallest absolute Gasteiger partial charge is 0.215 e. The zero-order valence-corrected chi connectivity index (χ0v) is 11.3. The second-order valence-electron chi connectivity index (χ2n) is 4.54.